The van der Waals surface area contributed by atoms with Gasteiger partial charge in [0.05, 0.1) is 14.2 Å². The Morgan fingerprint density at radius 1 is 1.22 bits per heavy atom. The Kier molecular flexibility index (Phi) is 4.93. The van der Waals surface area contributed by atoms with E-state index < -0.39 is 17.9 Å². The Labute approximate surface area is 134 Å². The highest BCUT2D eigenvalue weighted by Gasteiger charge is 2.28. The quantitative estimate of drug-likeness (QED) is 0.857. The third-order valence-corrected chi connectivity index (χ3v) is 3.76. The van der Waals surface area contributed by atoms with Crippen LogP contribution in [0.2, 0.25) is 0 Å². The van der Waals surface area contributed by atoms with Gasteiger partial charge in [0, 0.05) is 10.9 Å². The van der Waals surface area contributed by atoms with Crippen LogP contribution in [0, 0.1) is 12.8 Å². The lowest BCUT2D eigenvalue weighted by molar-refractivity contribution is -0.144. The summed E-state index contributed by atoms with van der Waals surface area (Å²) >= 11 is 0. The Hall–Kier alpha value is -2.50. The lowest BCUT2D eigenvalue weighted by atomic mass is 10.0. The van der Waals surface area contributed by atoms with E-state index in [4.69, 9.17) is 13.9 Å². The van der Waals surface area contributed by atoms with Crippen molar-refractivity contribution >= 4 is 22.8 Å². The van der Waals surface area contributed by atoms with Crippen LogP contribution in [0.3, 0.4) is 0 Å². The molecule has 1 N–H and O–H groups in total. The molecular formula is C17H21NO5. The lowest BCUT2D eigenvalue weighted by Gasteiger charge is -2.19. The van der Waals surface area contributed by atoms with Gasteiger partial charge in [-0.25, -0.2) is 4.79 Å². The molecule has 1 amide bonds. The Balaban J connectivity index is 2.34. The number of hydrogen-bond donors (Lipinski definition) is 1. The largest absolute Gasteiger partial charge is 0.497 e. The first-order chi connectivity index (χ1) is 10.9. The minimum Gasteiger partial charge on any atom is -0.497 e. The van der Waals surface area contributed by atoms with Gasteiger partial charge in [-0.05, 0) is 31.0 Å². The van der Waals surface area contributed by atoms with E-state index in [9.17, 15) is 9.59 Å². The monoisotopic (exact) mass is 319 g/mol. The second-order valence-electron chi connectivity index (χ2n) is 5.64. The fourth-order valence-corrected chi connectivity index (χ4v) is 2.38. The zero-order chi connectivity index (χ0) is 17.1. The molecule has 1 unspecified atom stereocenters. The number of carbonyl (C=O) groups is 2. The molecule has 1 atom stereocenters. The number of furan rings is 1. The van der Waals surface area contributed by atoms with Gasteiger partial charge in [0.1, 0.15) is 17.4 Å². The number of benzene rings is 1. The summed E-state index contributed by atoms with van der Waals surface area (Å²) in [6, 6.07) is 4.59. The van der Waals surface area contributed by atoms with Gasteiger partial charge in [-0.1, -0.05) is 13.8 Å². The zero-order valence-electron chi connectivity index (χ0n) is 13.9. The van der Waals surface area contributed by atoms with E-state index in [0.717, 1.165) is 5.39 Å². The molecule has 0 aliphatic heterocycles. The van der Waals surface area contributed by atoms with Crippen LogP contribution in [0.4, 0.5) is 0 Å². The van der Waals surface area contributed by atoms with Crippen molar-refractivity contribution in [3.63, 3.8) is 0 Å². The van der Waals surface area contributed by atoms with Gasteiger partial charge in [-0.15, -0.1) is 0 Å². The number of hydrogen-bond acceptors (Lipinski definition) is 5. The number of fused-ring (bicyclic) bond motifs is 1. The highest BCUT2D eigenvalue weighted by Crippen LogP contribution is 2.28. The Morgan fingerprint density at radius 2 is 1.91 bits per heavy atom. The van der Waals surface area contributed by atoms with E-state index in [2.05, 4.69) is 5.32 Å². The highest BCUT2D eigenvalue weighted by molar-refractivity contribution is 6.00. The zero-order valence-corrected chi connectivity index (χ0v) is 13.9. The van der Waals surface area contributed by atoms with Crippen LogP contribution in [0.25, 0.3) is 11.0 Å². The predicted molar refractivity (Wildman–Crippen MR) is 85.6 cm³/mol. The maximum atomic E-state index is 12.5. The van der Waals surface area contributed by atoms with Crippen LogP contribution >= 0.6 is 0 Å². The van der Waals surface area contributed by atoms with Crippen LogP contribution in [0.5, 0.6) is 5.75 Å². The van der Waals surface area contributed by atoms with E-state index in [-0.39, 0.29) is 11.7 Å². The van der Waals surface area contributed by atoms with Crippen molar-refractivity contribution in [3.05, 3.63) is 29.5 Å². The van der Waals surface area contributed by atoms with Crippen LogP contribution in [-0.2, 0) is 9.53 Å². The van der Waals surface area contributed by atoms with Crippen molar-refractivity contribution in [3.8, 4) is 5.75 Å². The number of nitrogens with one attached hydrogen (secondary N) is 1. The van der Waals surface area contributed by atoms with E-state index in [1.807, 2.05) is 19.9 Å². The van der Waals surface area contributed by atoms with Crippen LogP contribution in [0.1, 0.15) is 30.0 Å². The van der Waals surface area contributed by atoms with Crippen LogP contribution < -0.4 is 10.1 Å². The fourth-order valence-electron chi connectivity index (χ4n) is 2.38. The summed E-state index contributed by atoms with van der Waals surface area (Å²) in [7, 11) is 2.87. The fraction of sp³-hybridized carbons (Fsp3) is 0.412. The number of amides is 1. The van der Waals surface area contributed by atoms with Gasteiger partial charge in [-0.3, -0.25) is 4.79 Å². The SMILES string of the molecule is COC(=O)C(NC(=O)c1oc2ccc(OC)cc2c1C)C(C)C. The summed E-state index contributed by atoms with van der Waals surface area (Å²) in [6.07, 6.45) is 0. The summed E-state index contributed by atoms with van der Waals surface area (Å²) < 4.78 is 15.5. The van der Waals surface area contributed by atoms with E-state index >= 15 is 0 Å². The number of aryl methyl sites for hydroxylation is 1. The Bertz CT molecular complexity index is 732. The lowest BCUT2D eigenvalue weighted by Crippen LogP contribution is -2.45. The van der Waals surface area contributed by atoms with Crippen LogP contribution in [-0.4, -0.2) is 32.1 Å². The average Bonchev–Trinajstić information content (AvgIpc) is 2.87. The van der Waals surface area contributed by atoms with E-state index in [1.165, 1.54) is 7.11 Å². The van der Waals surface area contributed by atoms with Crippen LogP contribution in [0.15, 0.2) is 22.6 Å². The molecule has 0 spiro atoms. The first-order valence-corrected chi connectivity index (χ1v) is 7.34. The van der Waals surface area contributed by atoms with E-state index in [1.54, 1.807) is 26.2 Å². The highest BCUT2D eigenvalue weighted by atomic mass is 16.5. The number of ether oxygens (including phenoxy) is 2. The second kappa shape index (κ2) is 6.73. The summed E-state index contributed by atoms with van der Waals surface area (Å²) in [6.45, 7) is 5.46. The molecule has 0 aliphatic carbocycles. The smallest absolute Gasteiger partial charge is 0.328 e. The normalized spacial score (nSPS) is 12.3. The average molecular weight is 319 g/mol. The molecule has 2 rings (SSSR count). The predicted octanol–water partition coefficient (Wildman–Crippen LogP) is 2.68. The summed E-state index contributed by atoms with van der Waals surface area (Å²) in [5.41, 5.74) is 1.29. The van der Waals surface area contributed by atoms with Gasteiger partial charge in [-0.2, -0.15) is 0 Å². The van der Waals surface area contributed by atoms with Crippen molar-refractivity contribution in [2.45, 2.75) is 26.8 Å². The molecule has 2 aromatic rings. The van der Waals surface area contributed by atoms with Gasteiger partial charge in [0.25, 0.3) is 5.91 Å². The molecule has 6 heteroatoms. The number of esters is 1. The van der Waals surface area contributed by atoms with Crippen molar-refractivity contribution in [1.29, 1.82) is 0 Å². The first-order valence-electron chi connectivity index (χ1n) is 7.34. The molecule has 23 heavy (non-hydrogen) atoms. The molecule has 1 aromatic heterocycles. The Morgan fingerprint density at radius 3 is 2.48 bits per heavy atom. The molecule has 6 nitrogen and oxygen atoms in total. The molecule has 0 saturated heterocycles. The van der Waals surface area contributed by atoms with Crippen molar-refractivity contribution in [2.75, 3.05) is 14.2 Å². The molecule has 0 radical (unpaired) electrons. The summed E-state index contributed by atoms with van der Waals surface area (Å²) in [5, 5.41) is 3.48. The van der Waals surface area contributed by atoms with Gasteiger partial charge < -0.3 is 19.2 Å². The second-order valence-corrected chi connectivity index (χ2v) is 5.64. The number of rotatable bonds is 5. The molecule has 0 saturated carbocycles. The van der Waals surface area contributed by atoms with E-state index in [0.29, 0.717) is 16.9 Å². The maximum absolute atomic E-state index is 12.5. The van der Waals surface area contributed by atoms with Crippen molar-refractivity contribution in [2.24, 2.45) is 5.92 Å². The molecule has 1 aromatic carbocycles. The standard InChI is InChI=1S/C17H21NO5/c1-9(2)14(17(20)22-5)18-16(19)15-10(3)12-8-11(21-4)6-7-13(12)23-15/h6-9,14H,1-5H3,(H,18,19). The molecule has 0 fully saturated rings. The molecule has 124 valence electrons. The molecule has 1 heterocycles. The third kappa shape index (κ3) is 3.31. The molecule has 0 aliphatic rings. The summed E-state index contributed by atoms with van der Waals surface area (Å²) in [5.74, 6) is -0.160. The van der Waals surface area contributed by atoms with Crippen molar-refractivity contribution in [1.82, 2.24) is 5.32 Å². The maximum Gasteiger partial charge on any atom is 0.328 e. The minimum atomic E-state index is -0.727. The molecular weight excluding hydrogens is 298 g/mol. The van der Waals surface area contributed by atoms with Gasteiger partial charge in [0.15, 0.2) is 5.76 Å². The minimum absolute atomic E-state index is 0.101. The number of carbonyl (C=O) groups excluding carboxylic acids is 2. The topological polar surface area (TPSA) is 77.8 Å². The third-order valence-electron chi connectivity index (χ3n) is 3.76. The van der Waals surface area contributed by atoms with Gasteiger partial charge >= 0.3 is 5.97 Å². The van der Waals surface area contributed by atoms with Crippen molar-refractivity contribution < 1.29 is 23.5 Å². The molecule has 0 bridgehead atoms. The van der Waals surface area contributed by atoms with Gasteiger partial charge in [0.2, 0.25) is 0 Å². The summed E-state index contributed by atoms with van der Waals surface area (Å²) in [4.78, 5) is 24.3. The first kappa shape index (κ1) is 16.9. The number of methoxy groups -OCH3 is 2.